The third-order valence-electron chi connectivity index (χ3n) is 3.49. The fourth-order valence-corrected chi connectivity index (χ4v) is 2.32. The van der Waals surface area contributed by atoms with Crippen molar-refractivity contribution < 1.29 is 9.59 Å². The molecule has 2 amide bonds. The first-order chi connectivity index (χ1) is 9.58. The molecule has 2 rings (SSSR count). The minimum atomic E-state index is -0.0667. The normalized spacial score (nSPS) is 15.7. The topological polar surface area (TPSA) is 61.4 Å². The van der Waals surface area contributed by atoms with E-state index in [1.54, 1.807) is 32.3 Å². The molecule has 20 heavy (non-hydrogen) atoms. The zero-order chi connectivity index (χ0) is 14.5. The Morgan fingerprint density at radius 3 is 2.60 bits per heavy atom. The van der Waals surface area contributed by atoms with Gasteiger partial charge in [-0.25, -0.2) is 0 Å². The second-order valence-corrected chi connectivity index (χ2v) is 5.29. The molecule has 0 saturated carbocycles. The Balaban J connectivity index is 2.04. The van der Waals surface area contributed by atoms with Crippen molar-refractivity contribution in [3.63, 3.8) is 0 Å². The molecular formula is C15H21N3O2. The van der Waals surface area contributed by atoms with Crippen LogP contribution in [0.5, 0.6) is 0 Å². The zero-order valence-corrected chi connectivity index (χ0v) is 12.0. The first-order valence-electron chi connectivity index (χ1n) is 6.91. The van der Waals surface area contributed by atoms with Crippen molar-refractivity contribution in [3.05, 3.63) is 29.8 Å². The van der Waals surface area contributed by atoms with Crippen molar-refractivity contribution in [1.29, 1.82) is 0 Å². The summed E-state index contributed by atoms with van der Waals surface area (Å²) >= 11 is 0. The maximum atomic E-state index is 12.1. The molecule has 1 fully saturated rings. The SMILES string of the molecule is CN(C)C(=O)c1cccc(NC(=O)C2CCNCC2)c1. The van der Waals surface area contributed by atoms with Crippen molar-refractivity contribution in [2.45, 2.75) is 12.8 Å². The van der Waals surface area contributed by atoms with Gasteiger partial charge in [-0.05, 0) is 44.1 Å². The van der Waals surface area contributed by atoms with Gasteiger partial charge in [0, 0.05) is 31.3 Å². The van der Waals surface area contributed by atoms with Crippen LogP contribution < -0.4 is 10.6 Å². The number of amides is 2. The van der Waals surface area contributed by atoms with Gasteiger partial charge >= 0.3 is 0 Å². The van der Waals surface area contributed by atoms with Gasteiger partial charge in [-0.3, -0.25) is 9.59 Å². The average Bonchev–Trinajstić information content (AvgIpc) is 2.47. The third-order valence-corrected chi connectivity index (χ3v) is 3.49. The quantitative estimate of drug-likeness (QED) is 0.875. The third kappa shape index (κ3) is 3.57. The van der Waals surface area contributed by atoms with Crippen LogP contribution in [0.25, 0.3) is 0 Å². The first-order valence-corrected chi connectivity index (χ1v) is 6.91. The van der Waals surface area contributed by atoms with Gasteiger partial charge in [-0.15, -0.1) is 0 Å². The summed E-state index contributed by atoms with van der Waals surface area (Å²) in [6.07, 6.45) is 1.73. The molecule has 0 aromatic heterocycles. The predicted molar refractivity (Wildman–Crippen MR) is 78.7 cm³/mol. The Kier molecular flexibility index (Phi) is 4.74. The molecule has 1 aliphatic rings. The standard InChI is InChI=1S/C15H21N3O2/c1-18(2)15(20)12-4-3-5-13(10-12)17-14(19)11-6-8-16-9-7-11/h3-5,10-11,16H,6-9H2,1-2H3,(H,17,19). The van der Waals surface area contributed by atoms with Crippen LogP contribution in [0.3, 0.4) is 0 Å². The molecule has 108 valence electrons. The van der Waals surface area contributed by atoms with Crippen LogP contribution >= 0.6 is 0 Å². The lowest BCUT2D eigenvalue weighted by molar-refractivity contribution is -0.120. The highest BCUT2D eigenvalue weighted by atomic mass is 16.2. The monoisotopic (exact) mass is 275 g/mol. The number of benzene rings is 1. The molecule has 0 radical (unpaired) electrons. The number of nitrogens with one attached hydrogen (secondary N) is 2. The second-order valence-electron chi connectivity index (χ2n) is 5.29. The van der Waals surface area contributed by atoms with Gasteiger partial charge in [0.15, 0.2) is 0 Å². The van der Waals surface area contributed by atoms with Gasteiger partial charge < -0.3 is 15.5 Å². The number of rotatable bonds is 3. The summed E-state index contributed by atoms with van der Waals surface area (Å²) in [6, 6.07) is 7.07. The number of piperidine rings is 1. The van der Waals surface area contributed by atoms with Crippen molar-refractivity contribution in [2.75, 3.05) is 32.5 Å². The van der Waals surface area contributed by atoms with Crippen molar-refractivity contribution in [3.8, 4) is 0 Å². The van der Waals surface area contributed by atoms with E-state index in [1.807, 2.05) is 6.07 Å². The number of carbonyl (C=O) groups is 2. The van der Waals surface area contributed by atoms with E-state index in [-0.39, 0.29) is 17.7 Å². The summed E-state index contributed by atoms with van der Waals surface area (Å²) < 4.78 is 0. The Labute approximate surface area is 119 Å². The average molecular weight is 275 g/mol. The number of hydrogen-bond acceptors (Lipinski definition) is 3. The van der Waals surface area contributed by atoms with Crippen molar-refractivity contribution >= 4 is 17.5 Å². The smallest absolute Gasteiger partial charge is 0.253 e. The molecule has 1 aliphatic heterocycles. The Morgan fingerprint density at radius 1 is 1.25 bits per heavy atom. The van der Waals surface area contributed by atoms with Gasteiger partial charge in [-0.1, -0.05) is 6.07 Å². The molecule has 1 heterocycles. The van der Waals surface area contributed by atoms with Crippen LogP contribution in [0.15, 0.2) is 24.3 Å². The van der Waals surface area contributed by atoms with E-state index in [0.29, 0.717) is 11.3 Å². The second kappa shape index (κ2) is 6.52. The molecule has 0 aliphatic carbocycles. The lowest BCUT2D eigenvalue weighted by atomic mass is 9.97. The Bertz CT molecular complexity index is 494. The number of carbonyl (C=O) groups excluding carboxylic acids is 2. The van der Waals surface area contributed by atoms with E-state index in [9.17, 15) is 9.59 Å². The lowest BCUT2D eigenvalue weighted by Crippen LogP contribution is -2.34. The van der Waals surface area contributed by atoms with Crippen LogP contribution in [0.1, 0.15) is 23.2 Å². The summed E-state index contributed by atoms with van der Waals surface area (Å²) in [6.45, 7) is 1.77. The number of nitrogens with zero attached hydrogens (tertiary/aromatic N) is 1. The fourth-order valence-electron chi connectivity index (χ4n) is 2.32. The Hall–Kier alpha value is -1.88. The van der Waals surface area contributed by atoms with E-state index >= 15 is 0 Å². The molecule has 5 heteroatoms. The summed E-state index contributed by atoms with van der Waals surface area (Å²) in [5.41, 5.74) is 1.26. The molecule has 0 atom stereocenters. The minimum absolute atomic E-state index is 0.0425. The van der Waals surface area contributed by atoms with Gasteiger partial charge in [0.25, 0.3) is 5.91 Å². The molecule has 2 N–H and O–H groups in total. The molecule has 1 saturated heterocycles. The first kappa shape index (κ1) is 14.5. The largest absolute Gasteiger partial charge is 0.345 e. The summed E-state index contributed by atoms with van der Waals surface area (Å²) in [5, 5.41) is 6.15. The number of anilines is 1. The highest BCUT2D eigenvalue weighted by Gasteiger charge is 2.21. The van der Waals surface area contributed by atoms with E-state index < -0.39 is 0 Å². The van der Waals surface area contributed by atoms with Gasteiger partial charge in [-0.2, -0.15) is 0 Å². The minimum Gasteiger partial charge on any atom is -0.345 e. The van der Waals surface area contributed by atoms with Crippen LogP contribution in [0.2, 0.25) is 0 Å². The lowest BCUT2D eigenvalue weighted by Gasteiger charge is -2.22. The highest BCUT2D eigenvalue weighted by molar-refractivity contribution is 5.97. The van der Waals surface area contributed by atoms with Crippen LogP contribution in [-0.4, -0.2) is 43.9 Å². The molecule has 1 aromatic rings. The van der Waals surface area contributed by atoms with Gasteiger partial charge in [0.1, 0.15) is 0 Å². The maximum absolute atomic E-state index is 12.1. The van der Waals surface area contributed by atoms with E-state index in [0.717, 1.165) is 25.9 Å². The predicted octanol–water partition coefficient (Wildman–Crippen LogP) is 1.33. The number of hydrogen-bond donors (Lipinski definition) is 2. The van der Waals surface area contributed by atoms with Crippen LogP contribution in [0, 0.1) is 5.92 Å². The summed E-state index contributed by atoms with van der Waals surface area (Å²) in [7, 11) is 3.42. The van der Waals surface area contributed by atoms with Crippen molar-refractivity contribution in [2.24, 2.45) is 5.92 Å². The molecule has 5 nitrogen and oxygen atoms in total. The highest BCUT2D eigenvalue weighted by Crippen LogP contribution is 2.17. The molecule has 1 aromatic carbocycles. The van der Waals surface area contributed by atoms with E-state index in [2.05, 4.69) is 10.6 Å². The molecule has 0 unspecified atom stereocenters. The molecule has 0 spiro atoms. The molecule has 0 bridgehead atoms. The fraction of sp³-hybridized carbons (Fsp3) is 0.467. The summed E-state index contributed by atoms with van der Waals surface area (Å²) in [4.78, 5) is 25.6. The van der Waals surface area contributed by atoms with Crippen LogP contribution in [0.4, 0.5) is 5.69 Å². The summed E-state index contributed by atoms with van der Waals surface area (Å²) in [5.74, 6) is 0.0355. The Morgan fingerprint density at radius 2 is 1.95 bits per heavy atom. The van der Waals surface area contributed by atoms with Gasteiger partial charge in [0.05, 0.1) is 0 Å². The zero-order valence-electron chi connectivity index (χ0n) is 12.0. The maximum Gasteiger partial charge on any atom is 0.253 e. The van der Waals surface area contributed by atoms with Gasteiger partial charge in [0.2, 0.25) is 5.91 Å². The van der Waals surface area contributed by atoms with E-state index in [1.165, 1.54) is 4.90 Å². The van der Waals surface area contributed by atoms with E-state index in [4.69, 9.17) is 0 Å². The van der Waals surface area contributed by atoms with Crippen LogP contribution in [-0.2, 0) is 4.79 Å². The van der Waals surface area contributed by atoms with Crippen molar-refractivity contribution in [1.82, 2.24) is 10.2 Å². The molecular weight excluding hydrogens is 254 g/mol.